The van der Waals surface area contributed by atoms with Crippen LogP contribution in [0, 0.1) is 5.82 Å². The molecule has 80 valence electrons. The lowest BCUT2D eigenvalue weighted by Crippen LogP contribution is -2.33. The quantitative estimate of drug-likeness (QED) is 0.823. The molecule has 0 fully saturated rings. The van der Waals surface area contributed by atoms with Gasteiger partial charge in [0.05, 0.1) is 5.54 Å². The molecule has 0 saturated carbocycles. The van der Waals surface area contributed by atoms with E-state index in [4.69, 9.17) is 4.42 Å². The number of fused-ring (bicyclic) bond motifs is 1. The third-order valence-electron chi connectivity index (χ3n) is 2.51. The summed E-state index contributed by atoms with van der Waals surface area (Å²) in [5.41, 5.74) is 0.804. The van der Waals surface area contributed by atoms with Crippen LogP contribution < -0.4 is 5.32 Å². The summed E-state index contributed by atoms with van der Waals surface area (Å²) in [5.74, 6) is 0.259. The largest absolute Gasteiger partial charge is 0.439 e. The summed E-state index contributed by atoms with van der Waals surface area (Å²) in [5, 5.41) is 3.08. The van der Waals surface area contributed by atoms with Gasteiger partial charge in [-0.05, 0) is 33.0 Å². The van der Waals surface area contributed by atoms with Crippen molar-refractivity contribution >= 4 is 11.1 Å². The van der Waals surface area contributed by atoms with Gasteiger partial charge in [0.1, 0.15) is 11.3 Å². The molecule has 0 saturated heterocycles. The molecule has 0 spiro atoms. The van der Waals surface area contributed by atoms with Gasteiger partial charge < -0.3 is 9.73 Å². The van der Waals surface area contributed by atoms with Crippen LogP contribution in [0.1, 0.15) is 19.7 Å². The Morgan fingerprint density at radius 1 is 1.40 bits per heavy atom. The number of oxazole rings is 1. The second-order valence-corrected chi connectivity index (χ2v) is 4.01. The number of aromatic nitrogens is 1. The lowest BCUT2D eigenvalue weighted by molar-refractivity contribution is 0.338. The number of hydrogen-bond acceptors (Lipinski definition) is 3. The smallest absolute Gasteiger partial charge is 0.215 e. The van der Waals surface area contributed by atoms with Crippen molar-refractivity contribution in [3.8, 4) is 0 Å². The first-order valence-corrected chi connectivity index (χ1v) is 4.78. The predicted octanol–water partition coefficient (Wildman–Crippen LogP) is 2.42. The summed E-state index contributed by atoms with van der Waals surface area (Å²) in [7, 11) is 1.83. The van der Waals surface area contributed by atoms with Gasteiger partial charge in [-0.1, -0.05) is 0 Å². The molecule has 1 heterocycles. The van der Waals surface area contributed by atoms with E-state index in [1.165, 1.54) is 12.1 Å². The Bertz CT molecular complexity index is 490. The molecule has 0 radical (unpaired) electrons. The highest BCUT2D eigenvalue weighted by atomic mass is 19.1. The van der Waals surface area contributed by atoms with E-state index in [-0.39, 0.29) is 11.4 Å². The zero-order valence-corrected chi connectivity index (χ0v) is 8.97. The fourth-order valence-electron chi connectivity index (χ4n) is 1.27. The van der Waals surface area contributed by atoms with Crippen LogP contribution >= 0.6 is 0 Å². The molecule has 0 aliphatic carbocycles. The molecule has 3 nitrogen and oxygen atoms in total. The first-order chi connectivity index (χ1) is 7.03. The van der Waals surface area contributed by atoms with Crippen molar-refractivity contribution < 1.29 is 8.81 Å². The van der Waals surface area contributed by atoms with Gasteiger partial charge in [-0.15, -0.1) is 0 Å². The van der Waals surface area contributed by atoms with Gasteiger partial charge in [-0.2, -0.15) is 0 Å². The summed E-state index contributed by atoms with van der Waals surface area (Å²) in [6.45, 7) is 3.90. The van der Waals surface area contributed by atoms with Crippen LogP contribution in [0.15, 0.2) is 22.6 Å². The number of benzene rings is 1. The van der Waals surface area contributed by atoms with Gasteiger partial charge in [0.2, 0.25) is 5.89 Å². The molecule has 0 unspecified atom stereocenters. The molecule has 0 aliphatic heterocycles. The minimum atomic E-state index is -0.352. The minimum absolute atomic E-state index is 0.301. The molecular formula is C11H13FN2O. The van der Waals surface area contributed by atoms with E-state index in [1.807, 2.05) is 20.9 Å². The first kappa shape index (κ1) is 10.1. The van der Waals surface area contributed by atoms with Crippen LogP contribution in [0.5, 0.6) is 0 Å². The molecule has 15 heavy (non-hydrogen) atoms. The van der Waals surface area contributed by atoms with Crippen molar-refractivity contribution in [3.63, 3.8) is 0 Å². The Morgan fingerprint density at radius 3 is 2.80 bits per heavy atom. The number of rotatable bonds is 2. The minimum Gasteiger partial charge on any atom is -0.439 e. The molecule has 1 N–H and O–H groups in total. The summed E-state index contributed by atoms with van der Waals surface area (Å²) in [6, 6.07) is 4.32. The van der Waals surface area contributed by atoms with E-state index >= 15 is 0 Å². The second kappa shape index (κ2) is 3.31. The van der Waals surface area contributed by atoms with Crippen molar-refractivity contribution in [1.29, 1.82) is 0 Å². The van der Waals surface area contributed by atoms with Gasteiger partial charge in [0.25, 0.3) is 0 Å². The van der Waals surface area contributed by atoms with Crippen LogP contribution in [0.2, 0.25) is 0 Å². The normalized spacial score (nSPS) is 12.3. The van der Waals surface area contributed by atoms with Crippen molar-refractivity contribution in [1.82, 2.24) is 10.3 Å². The number of halogens is 1. The Kier molecular flexibility index (Phi) is 2.23. The standard InChI is InChI=1S/C11H13FN2O/c1-11(2,13-3)10-14-8-6-7(12)4-5-9(8)15-10/h4-6,13H,1-3H3. The monoisotopic (exact) mass is 208 g/mol. The molecule has 2 aromatic rings. The van der Waals surface area contributed by atoms with Crippen molar-refractivity contribution in [2.75, 3.05) is 7.05 Å². The zero-order valence-electron chi connectivity index (χ0n) is 8.97. The van der Waals surface area contributed by atoms with E-state index in [9.17, 15) is 4.39 Å². The van der Waals surface area contributed by atoms with E-state index in [0.717, 1.165) is 0 Å². The fraction of sp³-hybridized carbons (Fsp3) is 0.364. The number of hydrogen-bond donors (Lipinski definition) is 1. The van der Waals surface area contributed by atoms with Gasteiger partial charge in [-0.3, -0.25) is 0 Å². The molecule has 1 aromatic heterocycles. The third-order valence-corrected chi connectivity index (χ3v) is 2.51. The topological polar surface area (TPSA) is 38.1 Å². The molecule has 0 aliphatic rings. The molecular weight excluding hydrogens is 195 g/mol. The number of nitrogens with zero attached hydrogens (tertiary/aromatic N) is 1. The summed E-state index contributed by atoms with van der Waals surface area (Å²) < 4.78 is 18.5. The van der Waals surface area contributed by atoms with Gasteiger partial charge >= 0.3 is 0 Å². The Hall–Kier alpha value is -1.42. The van der Waals surface area contributed by atoms with Crippen LogP contribution in [-0.4, -0.2) is 12.0 Å². The van der Waals surface area contributed by atoms with Gasteiger partial charge in [0, 0.05) is 6.07 Å². The highest BCUT2D eigenvalue weighted by molar-refractivity contribution is 5.72. The molecule has 0 bridgehead atoms. The van der Waals surface area contributed by atoms with Crippen molar-refractivity contribution in [3.05, 3.63) is 29.9 Å². The molecule has 2 rings (SSSR count). The number of nitrogens with one attached hydrogen (secondary N) is 1. The van der Waals surface area contributed by atoms with E-state index in [0.29, 0.717) is 17.0 Å². The lowest BCUT2D eigenvalue weighted by Gasteiger charge is -2.18. The van der Waals surface area contributed by atoms with E-state index < -0.39 is 0 Å². The van der Waals surface area contributed by atoms with Gasteiger partial charge in [0.15, 0.2) is 5.58 Å². The fourth-order valence-corrected chi connectivity index (χ4v) is 1.27. The molecule has 4 heteroatoms. The first-order valence-electron chi connectivity index (χ1n) is 4.78. The average Bonchev–Trinajstić information content (AvgIpc) is 2.61. The van der Waals surface area contributed by atoms with Crippen molar-refractivity contribution in [2.24, 2.45) is 0 Å². The van der Waals surface area contributed by atoms with Crippen LogP contribution in [0.3, 0.4) is 0 Å². The third kappa shape index (κ3) is 1.72. The summed E-state index contributed by atoms with van der Waals surface area (Å²) in [4.78, 5) is 4.25. The molecule has 0 amide bonds. The van der Waals surface area contributed by atoms with Crippen LogP contribution in [0.4, 0.5) is 4.39 Å². The maximum Gasteiger partial charge on any atom is 0.215 e. The lowest BCUT2D eigenvalue weighted by atomic mass is 10.1. The highest BCUT2D eigenvalue weighted by Gasteiger charge is 2.24. The maximum atomic E-state index is 12.9. The Morgan fingerprint density at radius 2 is 2.13 bits per heavy atom. The van der Waals surface area contributed by atoms with Crippen molar-refractivity contribution in [2.45, 2.75) is 19.4 Å². The molecule has 1 aromatic carbocycles. The SMILES string of the molecule is CNC(C)(C)c1nc2cc(F)ccc2o1. The average molecular weight is 208 g/mol. The van der Waals surface area contributed by atoms with Gasteiger partial charge in [-0.25, -0.2) is 9.37 Å². The van der Waals surface area contributed by atoms with E-state index in [1.54, 1.807) is 6.07 Å². The summed E-state index contributed by atoms with van der Waals surface area (Å²) in [6.07, 6.45) is 0. The maximum absolute atomic E-state index is 12.9. The highest BCUT2D eigenvalue weighted by Crippen LogP contribution is 2.24. The van der Waals surface area contributed by atoms with E-state index in [2.05, 4.69) is 10.3 Å². The second-order valence-electron chi connectivity index (χ2n) is 4.01. The Balaban J connectivity index is 2.56. The molecule has 0 atom stereocenters. The van der Waals surface area contributed by atoms with Crippen LogP contribution in [-0.2, 0) is 5.54 Å². The predicted molar refractivity (Wildman–Crippen MR) is 56.1 cm³/mol. The summed E-state index contributed by atoms with van der Waals surface area (Å²) >= 11 is 0. The Labute approximate surface area is 87.3 Å². The van der Waals surface area contributed by atoms with Crippen LogP contribution in [0.25, 0.3) is 11.1 Å². The zero-order chi connectivity index (χ0) is 11.1.